The van der Waals surface area contributed by atoms with Gasteiger partial charge >= 0.3 is 0 Å². The van der Waals surface area contributed by atoms with Gasteiger partial charge in [0.05, 0.1) is 6.54 Å². The number of benzene rings is 6. The summed E-state index contributed by atoms with van der Waals surface area (Å²) >= 11 is 0. The predicted molar refractivity (Wildman–Crippen MR) is 192 cm³/mol. The molecule has 1 aliphatic heterocycles. The highest BCUT2D eigenvalue weighted by Crippen LogP contribution is 2.42. The molecule has 0 aliphatic carbocycles. The van der Waals surface area contributed by atoms with Crippen LogP contribution in [0.3, 0.4) is 0 Å². The Morgan fingerprint density at radius 1 is 0.521 bits per heavy atom. The van der Waals surface area contributed by atoms with Gasteiger partial charge in [-0.1, -0.05) is 103 Å². The van der Waals surface area contributed by atoms with Crippen molar-refractivity contribution >= 4 is 49.8 Å². The molecule has 3 aromatic heterocycles. The SMILES string of the molecule is C1=Cc2c(oc3cc(-c4cccc5c4oc4ccccc45)cc(-c4nc(-c5ccccc5)nc(-c5ccc6ccccc6c5)n4)c23)CN1. The third-order valence-corrected chi connectivity index (χ3v) is 9.17. The lowest BCUT2D eigenvalue weighted by Crippen LogP contribution is -2.08. The predicted octanol–water partition coefficient (Wildman–Crippen LogP) is 10.4. The summed E-state index contributed by atoms with van der Waals surface area (Å²) in [7, 11) is 0. The van der Waals surface area contributed by atoms with Crippen LogP contribution in [0.25, 0.3) is 95.0 Å². The molecule has 1 N–H and O–H groups in total. The van der Waals surface area contributed by atoms with Crippen molar-refractivity contribution in [2.45, 2.75) is 6.54 Å². The van der Waals surface area contributed by atoms with Gasteiger partial charge in [-0.25, -0.2) is 15.0 Å². The summed E-state index contributed by atoms with van der Waals surface area (Å²) in [6.07, 6.45) is 4.03. The molecular formula is C42H26N4O2. The number of furan rings is 2. The Morgan fingerprint density at radius 2 is 1.29 bits per heavy atom. The van der Waals surface area contributed by atoms with Crippen LogP contribution in [0.15, 0.2) is 142 Å². The molecule has 4 heterocycles. The number of nitrogens with one attached hydrogen (secondary N) is 1. The van der Waals surface area contributed by atoms with Gasteiger partial charge in [-0.15, -0.1) is 0 Å². The first kappa shape index (κ1) is 26.7. The second kappa shape index (κ2) is 10.5. The minimum Gasteiger partial charge on any atom is -0.458 e. The van der Waals surface area contributed by atoms with E-state index in [0.717, 1.165) is 77.4 Å². The maximum absolute atomic E-state index is 6.55. The average molecular weight is 619 g/mol. The normalized spacial score (nSPS) is 12.6. The molecule has 6 aromatic carbocycles. The Kier molecular flexibility index (Phi) is 5.84. The van der Waals surface area contributed by atoms with Crippen LogP contribution in [0.1, 0.15) is 11.3 Å². The van der Waals surface area contributed by atoms with E-state index < -0.39 is 0 Å². The van der Waals surface area contributed by atoms with E-state index >= 15 is 0 Å². The van der Waals surface area contributed by atoms with Crippen LogP contribution in [0.4, 0.5) is 0 Å². The van der Waals surface area contributed by atoms with Gasteiger partial charge in [-0.2, -0.15) is 0 Å². The number of rotatable bonds is 4. The molecule has 226 valence electrons. The Bertz CT molecular complexity index is 2740. The second-order valence-corrected chi connectivity index (χ2v) is 12.1. The number of aromatic nitrogens is 3. The summed E-state index contributed by atoms with van der Waals surface area (Å²) in [4.78, 5) is 15.4. The van der Waals surface area contributed by atoms with E-state index in [1.807, 2.05) is 54.7 Å². The van der Waals surface area contributed by atoms with E-state index in [2.05, 4.69) is 90.3 Å². The summed E-state index contributed by atoms with van der Waals surface area (Å²) in [5, 5.41) is 8.71. The fraction of sp³-hybridized carbons (Fsp3) is 0.0238. The molecule has 48 heavy (non-hydrogen) atoms. The van der Waals surface area contributed by atoms with Crippen LogP contribution in [-0.2, 0) is 6.54 Å². The number of fused-ring (bicyclic) bond motifs is 7. The lowest BCUT2D eigenvalue weighted by molar-refractivity contribution is 0.532. The van der Waals surface area contributed by atoms with Crippen molar-refractivity contribution < 1.29 is 8.83 Å². The van der Waals surface area contributed by atoms with Gasteiger partial charge in [-0.3, -0.25) is 0 Å². The van der Waals surface area contributed by atoms with E-state index in [1.165, 1.54) is 5.39 Å². The number of hydrogen-bond acceptors (Lipinski definition) is 6. The molecule has 0 radical (unpaired) electrons. The van der Waals surface area contributed by atoms with Crippen molar-refractivity contribution in [3.05, 3.63) is 145 Å². The van der Waals surface area contributed by atoms with E-state index in [0.29, 0.717) is 24.0 Å². The molecule has 0 bridgehead atoms. The lowest BCUT2D eigenvalue weighted by atomic mass is 9.95. The Balaban J connectivity index is 1.26. The number of nitrogens with zero attached hydrogens (tertiary/aromatic N) is 3. The topological polar surface area (TPSA) is 77.0 Å². The first-order valence-electron chi connectivity index (χ1n) is 16.0. The molecule has 0 amide bonds. The molecule has 6 nitrogen and oxygen atoms in total. The number of hydrogen-bond donors (Lipinski definition) is 1. The molecule has 0 unspecified atom stereocenters. The van der Waals surface area contributed by atoms with E-state index in [-0.39, 0.29) is 0 Å². The van der Waals surface area contributed by atoms with Crippen molar-refractivity contribution in [2.24, 2.45) is 0 Å². The van der Waals surface area contributed by atoms with E-state index in [4.69, 9.17) is 23.8 Å². The van der Waals surface area contributed by atoms with Crippen molar-refractivity contribution in [1.82, 2.24) is 20.3 Å². The highest BCUT2D eigenvalue weighted by Gasteiger charge is 2.24. The first-order chi connectivity index (χ1) is 23.8. The van der Waals surface area contributed by atoms with Gasteiger partial charge in [0.2, 0.25) is 0 Å². The quantitative estimate of drug-likeness (QED) is 0.211. The summed E-state index contributed by atoms with van der Waals surface area (Å²) < 4.78 is 13.0. The van der Waals surface area contributed by atoms with E-state index in [1.54, 1.807) is 0 Å². The fourth-order valence-corrected chi connectivity index (χ4v) is 6.88. The molecule has 0 spiro atoms. The van der Waals surface area contributed by atoms with Crippen LogP contribution < -0.4 is 5.32 Å². The third kappa shape index (κ3) is 4.23. The van der Waals surface area contributed by atoms with Gasteiger partial charge in [0.1, 0.15) is 22.5 Å². The van der Waals surface area contributed by atoms with Crippen molar-refractivity contribution in [3.63, 3.8) is 0 Å². The molecule has 0 atom stereocenters. The van der Waals surface area contributed by atoms with Crippen molar-refractivity contribution in [1.29, 1.82) is 0 Å². The third-order valence-electron chi connectivity index (χ3n) is 9.17. The summed E-state index contributed by atoms with van der Waals surface area (Å²) in [5.41, 5.74) is 8.13. The summed E-state index contributed by atoms with van der Waals surface area (Å²) in [6.45, 7) is 0.600. The largest absolute Gasteiger partial charge is 0.458 e. The Labute approximate surface area is 275 Å². The van der Waals surface area contributed by atoms with Crippen LogP contribution in [0.5, 0.6) is 0 Å². The van der Waals surface area contributed by atoms with Gasteiger partial charge < -0.3 is 14.2 Å². The molecule has 1 aliphatic rings. The highest BCUT2D eigenvalue weighted by molar-refractivity contribution is 6.11. The monoisotopic (exact) mass is 618 g/mol. The lowest BCUT2D eigenvalue weighted by Gasteiger charge is -2.12. The Morgan fingerprint density at radius 3 is 2.21 bits per heavy atom. The van der Waals surface area contributed by atoms with Crippen LogP contribution in [0.2, 0.25) is 0 Å². The van der Waals surface area contributed by atoms with Crippen molar-refractivity contribution in [2.75, 3.05) is 0 Å². The molecular weight excluding hydrogens is 592 g/mol. The van der Waals surface area contributed by atoms with Gasteiger partial charge in [0.15, 0.2) is 17.5 Å². The highest BCUT2D eigenvalue weighted by atomic mass is 16.3. The standard InChI is InChI=1S/C42H26N4O2/c1-2-10-26(11-3-1)40-44-41(28-18-17-25-9-4-5-12-27(25)21-28)46-42(45-40)34-22-29(23-36-38(34)33-19-20-43-24-37(33)47-36)30-14-8-15-32-31-13-6-7-16-35(31)48-39(30)32/h1-23,43H,24H2. The molecule has 6 heteroatoms. The van der Waals surface area contributed by atoms with Crippen LogP contribution in [-0.4, -0.2) is 15.0 Å². The van der Waals surface area contributed by atoms with Crippen molar-refractivity contribution in [3.8, 4) is 45.3 Å². The molecule has 0 saturated carbocycles. The summed E-state index contributed by atoms with van der Waals surface area (Å²) in [5.74, 6) is 2.67. The average Bonchev–Trinajstić information content (AvgIpc) is 3.73. The number of para-hydroxylation sites is 2. The summed E-state index contributed by atoms with van der Waals surface area (Å²) in [6, 6.07) is 43.5. The zero-order valence-electron chi connectivity index (χ0n) is 25.6. The van der Waals surface area contributed by atoms with Crippen LogP contribution >= 0.6 is 0 Å². The minimum absolute atomic E-state index is 0.575. The first-order valence-corrected chi connectivity index (χ1v) is 16.0. The maximum Gasteiger partial charge on any atom is 0.164 e. The molecule has 0 fully saturated rings. The van der Waals surface area contributed by atoms with Gasteiger partial charge in [0, 0.05) is 44.0 Å². The smallest absolute Gasteiger partial charge is 0.164 e. The van der Waals surface area contributed by atoms with Crippen LogP contribution in [0, 0.1) is 0 Å². The van der Waals surface area contributed by atoms with Gasteiger partial charge in [-0.05, 0) is 52.9 Å². The maximum atomic E-state index is 6.55. The fourth-order valence-electron chi connectivity index (χ4n) is 6.88. The molecule has 0 saturated heterocycles. The minimum atomic E-state index is 0.575. The molecule has 10 rings (SSSR count). The van der Waals surface area contributed by atoms with Gasteiger partial charge in [0.25, 0.3) is 0 Å². The zero-order valence-corrected chi connectivity index (χ0v) is 25.6. The zero-order chi connectivity index (χ0) is 31.6. The second-order valence-electron chi connectivity index (χ2n) is 12.1. The molecule has 9 aromatic rings. The Hall–Kier alpha value is -6.53. The van der Waals surface area contributed by atoms with E-state index in [9.17, 15) is 0 Å².